The smallest absolute Gasteiger partial charge is 0.255 e. The van der Waals surface area contributed by atoms with E-state index >= 15 is 0 Å². The van der Waals surface area contributed by atoms with Gasteiger partial charge in [-0.2, -0.15) is 0 Å². The number of anilines is 1. The highest BCUT2D eigenvalue weighted by Crippen LogP contribution is 2.19. The van der Waals surface area contributed by atoms with Crippen LogP contribution in [0.15, 0.2) is 18.3 Å². The Labute approximate surface area is 149 Å². The summed E-state index contributed by atoms with van der Waals surface area (Å²) >= 11 is 0. The number of rotatable bonds is 5. The molecule has 1 saturated heterocycles. The molecule has 7 nitrogen and oxygen atoms in total. The Morgan fingerprint density at radius 2 is 1.88 bits per heavy atom. The van der Waals surface area contributed by atoms with Gasteiger partial charge in [0.15, 0.2) is 0 Å². The summed E-state index contributed by atoms with van der Waals surface area (Å²) in [5.41, 5.74) is 0.610. The standard InChI is InChI=1S/C18H27N5O2/c1-13(17(24)20-15-5-6-15)22-8-10-23(11-9-22)18(25)14-4-7-16(19-12-14)21(2)3/h4,7,12-13,15H,5-6,8-11H2,1-3H3,(H,20,24). The predicted octanol–water partition coefficient (Wildman–Crippen LogP) is 0.573. The zero-order valence-electron chi connectivity index (χ0n) is 15.2. The minimum Gasteiger partial charge on any atom is -0.363 e. The summed E-state index contributed by atoms with van der Waals surface area (Å²) in [7, 11) is 3.84. The van der Waals surface area contributed by atoms with Crippen molar-refractivity contribution in [3.8, 4) is 0 Å². The van der Waals surface area contributed by atoms with Crippen LogP contribution in [-0.2, 0) is 4.79 Å². The number of nitrogens with zero attached hydrogens (tertiary/aromatic N) is 4. The number of carbonyl (C=O) groups is 2. The monoisotopic (exact) mass is 345 g/mol. The third-order valence-electron chi connectivity index (χ3n) is 4.91. The Hall–Kier alpha value is -2.15. The molecule has 0 aromatic carbocycles. The van der Waals surface area contributed by atoms with E-state index in [4.69, 9.17) is 0 Å². The summed E-state index contributed by atoms with van der Waals surface area (Å²) in [6, 6.07) is 3.92. The maximum absolute atomic E-state index is 12.6. The fourth-order valence-corrected chi connectivity index (χ4v) is 2.99. The first-order chi connectivity index (χ1) is 12.0. The van der Waals surface area contributed by atoms with Crippen LogP contribution >= 0.6 is 0 Å². The van der Waals surface area contributed by atoms with Crippen LogP contribution in [0.4, 0.5) is 5.82 Å². The molecule has 7 heteroatoms. The van der Waals surface area contributed by atoms with Crippen LogP contribution in [0, 0.1) is 0 Å². The normalized spacial score (nSPS) is 19.4. The van der Waals surface area contributed by atoms with E-state index in [1.165, 1.54) is 0 Å². The highest BCUT2D eigenvalue weighted by molar-refractivity contribution is 5.94. The summed E-state index contributed by atoms with van der Waals surface area (Å²) in [6.45, 7) is 4.64. The first-order valence-corrected chi connectivity index (χ1v) is 8.93. The molecule has 0 spiro atoms. The lowest BCUT2D eigenvalue weighted by molar-refractivity contribution is -0.126. The Kier molecular flexibility index (Phi) is 5.22. The minimum atomic E-state index is -0.140. The quantitative estimate of drug-likeness (QED) is 0.845. The molecule has 1 N–H and O–H groups in total. The number of amides is 2. The molecule has 1 aliphatic heterocycles. The van der Waals surface area contributed by atoms with Crippen molar-refractivity contribution >= 4 is 17.6 Å². The highest BCUT2D eigenvalue weighted by Gasteiger charge is 2.31. The van der Waals surface area contributed by atoms with Crippen LogP contribution in [0.25, 0.3) is 0 Å². The van der Waals surface area contributed by atoms with Gasteiger partial charge in [-0.15, -0.1) is 0 Å². The topological polar surface area (TPSA) is 68.8 Å². The van der Waals surface area contributed by atoms with Crippen molar-refractivity contribution in [2.24, 2.45) is 0 Å². The number of hydrogen-bond donors (Lipinski definition) is 1. The molecule has 1 aromatic heterocycles. The number of hydrogen-bond acceptors (Lipinski definition) is 5. The van der Waals surface area contributed by atoms with Gasteiger partial charge in [-0.1, -0.05) is 0 Å². The molecular formula is C18H27N5O2. The lowest BCUT2D eigenvalue weighted by atomic mass is 10.2. The van der Waals surface area contributed by atoms with Crippen molar-refractivity contribution in [3.63, 3.8) is 0 Å². The van der Waals surface area contributed by atoms with Crippen LogP contribution in [0.1, 0.15) is 30.1 Å². The summed E-state index contributed by atoms with van der Waals surface area (Å²) in [5.74, 6) is 0.940. The number of nitrogens with one attached hydrogen (secondary N) is 1. The van der Waals surface area contributed by atoms with Gasteiger partial charge in [0, 0.05) is 52.5 Å². The third kappa shape index (κ3) is 4.28. The lowest BCUT2D eigenvalue weighted by Gasteiger charge is -2.37. The SMILES string of the molecule is CC(C(=O)NC1CC1)N1CCN(C(=O)c2ccc(N(C)C)nc2)CC1. The fraction of sp³-hybridized carbons (Fsp3) is 0.611. The molecular weight excluding hydrogens is 318 g/mol. The number of piperazine rings is 1. The van der Waals surface area contributed by atoms with Crippen molar-refractivity contribution < 1.29 is 9.59 Å². The van der Waals surface area contributed by atoms with Gasteiger partial charge in [0.2, 0.25) is 5.91 Å². The Bertz CT molecular complexity index is 619. The second-order valence-corrected chi connectivity index (χ2v) is 7.09. The van der Waals surface area contributed by atoms with Gasteiger partial charge in [0.1, 0.15) is 5.82 Å². The summed E-state index contributed by atoms with van der Waals surface area (Å²) in [5, 5.41) is 3.05. The van der Waals surface area contributed by atoms with E-state index < -0.39 is 0 Å². The molecule has 1 aliphatic carbocycles. The highest BCUT2D eigenvalue weighted by atomic mass is 16.2. The van der Waals surface area contributed by atoms with Gasteiger partial charge >= 0.3 is 0 Å². The van der Waals surface area contributed by atoms with Gasteiger partial charge in [0.25, 0.3) is 5.91 Å². The number of pyridine rings is 1. The lowest BCUT2D eigenvalue weighted by Crippen LogP contribution is -2.55. The van der Waals surface area contributed by atoms with Gasteiger partial charge in [0.05, 0.1) is 11.6 Å². The van der Waals surface area contributed by atoms with Crippen LogP contribution in [0.5, 0.6) is 0 Å². The van der Waals surface area contributed by atoms with Crippen LogP contribution in [-0.4, -0.2) is 79.0 Å². The van der Waals surface area contributed by atoms with Crippen molar-refractivity contribution in [3.05, 3.63) is 23.9 Å². The maximum Gasteiger partial charge on any atom is 0.255 e. The Morgan fingerprint density at radius 3 is 2.40 bits per heavy atom. The average Bonchev–Trinajstić information content (AvgIpc) is 3.44. The van der Waals surface area contributed by atoms with Crippen molar-refractivity contribution in [2.45, 2.75) is 31.8 Å². The molecule has 0 bridgehead atoms. The summed E-state index contributed by atoms with van der Waals surface area (Å²) in [6.07, 6.45) is 3.83. The van der Waals surface area contributed by atoms with E-state index in [9.17, 15) is 9.59 Å². The first kappa shape index (κ1) is 17.7. The number of aromatic nitrogens is 1. The van der Waals surface area contributed by atoms with Crippen LogP contribution in [0.3, 0.4) is 0 Å². The molecule has 3 rings (SSSR count). The molecule has 2 aliphatic rings. The molecule has 0 radical (unpaired) electrons. The number of carbonyl (C=O) groups excluding carboxylic acids is 2. The second-order valence-electron chi connectivity index (χ2n) is 7.09. The van der Waals surface area contributed by atoms with E-state index in [0.29, 0.717) is 37.8 Å². The van der Waals surface area contributed by atoms with Crippen molar-refractivity contribution in [1.29, 1.82) is 0 Å². The van der Waals surface area contributed by atoms with Gasteiger partial charge in [-0.05, 0) is 31.9 Å². The van der Waals surface area contributed by atoms with Crippen molar-refractivity contribution in [2.75, 3.05) is 45.2 Å². The Balaban J connectivity index is 1.52. The molecule has 25 heavy (non-hydrogen) atoms. The van der Waals surface area contributed by atoms with E-state index in [-0.39, 0.29) is 17.9 Å². The largest absolute Gasteiger partial charge is 0.363 e. The summed E-state index contributed by atoms with van der Waals surface area (Å²) < 4.78 is 0. The van der Waals surface area contributed by atoms with Gasteiger partial charge in [-0.25, -0.2) is 4.98 Å². The minimum absolute atomic E-state index is 0.00698. The molecule has 1 aromatic rings. The molecule has 1 saturated carbocycles. The third-order valence-corrected chi connectivity index (χ3v) is 4.91. The first-order valence-electron chi connectivity index (χ1n) is 8.93. The predicted molar refractivity (Wildman–Crippen MR) is 96.7 cm³/mol. The summed E-state index contributed by atoms with van der Waals surface area (Å²) in [4.78, 5) is 35.0. The van der Waals surface area contributed by atoms with E-state index in [0.717, 1.165) is 18.7 Å². The molecule has 1 unspecified atom stereocenters. The second kappa shape index (κ2) is 7.39. The fourth-order valence-electron chi connectivity index (χ4n) is 2.99. The van der Waals surface area contributed by atoms with E-state index in [1.807, 2.05) is 43.0 Å². The van der Waals surface area contributed by atoms with Gasteiger partial charge in [-0.3, -0.25) is 14.5 Å². The Morgan fingerprint density at radius 1 is 1.20 bits per heavy atom. The molecule has 1 atom stereocenters. The van der Waals surface area contributed by atoms with Crippen LogP contribution in [0.2, 0.25) is 0 Å². The molecule has 2 amide bonds. The van der Waals surface area contributed by atoms with Crippen LogP contribution < -0.4 is 10.2 Å². The molecule has 136 valence electrons. The zero-order chi connectivity index (χ0) is 18.0. The average molecular weight is 345 g/mol. The maximum atomic E-state index is 12.6. The van der Waals surface area contributed by atoms with E-state index in [1.54, 1.807) is 6.20 Å². The van der Waals surface area contributed by atoms with Crippen molar-refractivity contribution in [1.82, 2.24) is 20.1 Å². The molecule has 2 fully saturated rings. The molecule has 2 heterocycles. The van der Waals surface area contributed by atoms with E-state index in [2.05, 4.69) is 15.2 Å². The zero-order valence-corrected chi connectivity index (χ0v) is 15.2. The van der Waals surface area contributed by atoms with Gasteiger partial charge < -0.3 is 15.1 Å².